The van der Waals surface area contributed by atoms with Crippen LogP contribution in [0.1, 0.15) is 72.7 Å². The first-order valence-corrected chi connectivity index (χ1v) is 21.1. The first kappa shape index (κ1) is 40.3. The molecule has 5 aromatic rings. The zero-order valence-electron chi connectivity index (χ0n) is 34.5. The Hall–Kier alpha value is -6.13. The number of urea groups is 1. The number of amides is 4. The highest BCUT2D eigenvalue weighted by molar-refractivity contribution is 6.06. The van der Waals surface area contributed by atoms with Gasteiger partial charge in [-0.25, -0.2) is 14.2 Å². The highest BCUT2D eigenvalue weighted by Crippen LogP contribution is 2.37. The molecular weight excluding hydrogens is 780 g/mol. The van der Waals surface area contributed by atoms with Gasteiger partial charge in [0.2, 0.25) is 5.91 Å². The molecule has 9 rings (SSSR count). The lowest BCUT2D eigenvalue weighted by molar-refractivity contribution is -0.120. The number of nitrogens with one attached hydrogen (secondary N) is 1. The molecule has 0 saturated carbocycles. The van der Waals surface area contributed by atoms with Crippen LogP contribution in [0.25, 0.3) is 22.3 Å². The lowest BCUT2D eigenvalue weighted by Crippen LogP contribution is -2.51. The summed E-state index contributed by atoms with van der Waals surface area (Å²) in [5.74, 6) is 0.00409. The van der Waals surface area contributed by atoms with Crippen LogP contribution in [-0.4, -0.2) is 117 Å². The number of pyridine rings is 1. The van der Waals surface area contributed by atoms with Crippen molar-refractivity contribution in [1.82, 2.24) is 34.9 Å². The zero-order chi connectivity index (χ0) is 42.4. The van der Waals surface area contributed by atoms with Gasteiger partial charge >= 0.3 is 6.03 Å². The Balaban J connectivity index is 0.804. The van der Waals surface area contributed by atoms with Gasteiger partial charge in [0.25, 0.3) is 5.91 Å². The third-order valence-corrected chi connectivity index (χ3v) is 12.7. The minimum atomic E-state index is -1.41. The van der Waals surface area contributed by atoms with E-state index in [1.54, 1.807) is 34.2 Å². The number of nitrogen functional groups attached to an aromatic ring is 1. The van der Waals surface area contributed by atoms with Crippen LogP contribution in [0.15, 0.2) is 73.1 Å². The summed E-state index contributed by atoms with van der Waals surface area (Å²) in [4.78, 5) is 50.3. The third-order valence-electron chi connectivity index (χ3n) is 12.7. The van der Waals surface area contributed by atoms with E-state index in [0.29, 0.717) is 74.0 Å². The van der Waals surface area contributed by atoms with E-state index in [1.807, 2.05) is 56.3 Å². The van der Waals surface area contributed by atoms with Crippen LogP contribution in [0.4, 0.5) is 26.4 Å². The minimum absolute atomic E-state index is 0.109. The highest BCUT2D eigenvalue weighted by atomic mass is 19.1. The number of aromatic hydroxyl groups is 1. The summed E-state index contributed by atoms with van der Waals surface area (Å²) in [6.07, 6.45) is 6.02. The molecule has 2 aromatic carbocycles. The Morgan fingerprint density at radius 3 is 2.57 bits per heavy atom. The molecule has 318 valence electrons. The fraction of sp³-hybridized carbons (Fsp3) is 0.422. The number of aromatic nitrogens is 4. The number of hydrogen-bond acceptors (Lipinski definition) is 11. The smallest absolute Gasteiger partial charge is 0.328 e. The Bertz CT molecular complexity index is 2470. The Morgan fingerprint density at radius 1 is 1.02 bits per heavy atom. The molecule has 4 aliphatic rings. The molecule has 16 heteroatoms. The van der Waals surface area contributed by atoms with Crippen molar-refractivity contribution < 1.29 is 28.6 Å². The number of imide groups is 1. The van der Waals surface area contributed by atoms with Gasteiger partial charge in [0.15, 0.2) is 5.82 Å². The molecule has 0 spiro atoms. The minimum Gasteiger partial charge on any atom is -0.507 e. The number of phenolic OH excluding ortho intramolecular Hbond substituents is 1. The van der Waals surface area contributed by atoms with Gasteiger partial charge in [-0.15, -0.1) is 10.2 Å². The van der Waals surface area contributed by atoms with E-state index in [1.165, 1.54) is 0 Å². The number of morpholine rings is 1. The molecule has 7 heterocycles. The van der Waals surface area contributed by atoms with E-state index < -0.39 is 11.7 Å². The summed E-state index contributed by atoms with van der Waals surface area (Å²) in [5, 5.41) is 22.2. The Morgan fingerprint density at radius 2 is 1.80 bits per heavy atom. The average molecular weight is 831 g/mol. The summed E-state index contributed by atoms with van der Waals surface area (Å²) in [5.41, 5.74) is 10.7. The average Bonchev–Trinajstić information content (AvgIpc) is 3.59. The Labute approximate surface area is 353 Å². The van der Waals surface area contributed by atoms with Crippen LogP contribution in [-0.2, 0) is 9.53 Å². The van der Waals surface area contributed by atoms with Crippen molar-refractivity contribution in [3.63, 3.8) is 0 Å². The number of carbonyl (C=O) groups is 3. The van der Waals surface area contributed by atoms with Crippen molar-refractivity contribution in [2.75, 3.05) is 67.9 Å². The van der Waals surface area contributed by atoms with E-state index in [9.17, 15) is 19.5 Å². The summed E-state index contributed by atoms with van der Waals surface area (Å²) < 4.78 is 25.1. The predicted molar refractivity (Wildman–Crippen MR) is 229 cm³/mol. The number of piperidine rings is 2. The normalized spacial score (nSPS) is 22.4. The van der Waals surface area contributed by atoms with E-state index >= 15 is 4.39 Å². The number of fused-ring (bicyclic) bond motifs is 1. The maximum absolute atomic E-state index is 16.6. The number of halogens is 1. The second-order valence-electron chi connectivity index (χ2n) is 17.0. The zero-order valence-corrected chi connectivity index (χ0v) is 34.5. The van der Waals surface area contributed by atoms with E-state index in [-0.39, 0.29) is 60.9 Å². The summed E-state index contributed by atoms with van der Waals surface area (Å²) >= 11 is 0. The maximum atomic E-state index is 16.6. The van der Waals surface area contributed by atoms with Crippen molar-refractivity contribution in [2.45, 2.75) is 69.9 Å². The first-order valence-electron chi connectivity index (χ1n) is 21.1. The number of aryl methyl sites for hydroxylation is 1. The van der Waals surface area contributed by atoms with Crippen LogP contribution < -0.4 is 20.9 Å². The van der Waals surface area contributed by atoms with E-state index in [2.05, 4.69) is 36.1 Å². The quantitative estimate of drug-likeness (QED) is 0.173. The predicted octanol–water partition coefficient (Wildman–Crippen LogP) is 5.78. The molecule has 0 bridgehead atoms. The number of likely N-dealkylation sites (tertiary alicyclic amines) is 2. The van der Waals surface area contributed by atoms with Gasteiger partial charge in [0.1, 0.15) is 23.2 Å². The fourth-order valence-electron chi connectivity index (χ4n) is 9.41. The topological polar surface area (TPSA) is 175 Å². The lowest BCUT2D eigenvalue weighted by Gasteiger charge is -2.41. The summed E-state index contributed by atoms with van der Waals surface area (Å²) in [7, 11) is 0. The molecule has 3 atom stereocenters. The van der Waals surface area contributed by atoms with Gasteiger partial charge in [-0.1, -0.05) is 24.3 Å². The molecule has 4 aliphatic heterocycles. The van der Waals surface area contributed by atoms with Crippen molar-refractivity contribution in [3.8, 4) is 17.0 Å². The molecule has 0 aliphatic carbocycles. The van der Waals surface area contributed by atoms with Gasteiger partial charge in [0, 0.05) is 93.8 Å². The lowest BCUT2D eigenvalue weighted by atomic mass is 9.91. The van der Waals surface area contributed by atoms with Gasteiger partial charge in [-0.05, 0) is 80.8 Å². The van der Waals surface area contributed by atoms with Crippen molar-refractivity contribution in [1.29, 1.82) is 0 Å². The van der Waals surface area contributed by atoms with Crippen molar-refractivity contribution in [2.24, 2.45) is 0 Å². The second-order valence-corrected chi connectivity index (χ2v) is 17.0. The van der Waals surface area contributed by atoms with Gasteiger partial charge in [-0.2, -0.15) is 0 Å². The van der Waals surface area contributed by atoms with Gasteiger partial charge in [0.05, 0.1) is 29.4 Å². The number of phenols is 1. The van der Waals surface area contributed by atoms with Crippen LogP contribution in [0.5, 0.6) is 5.75 Å². The Kier molecular flexibility index (Phi) is 10.8. The molecule has 4 fully saturated rings. The van der Waals surface area contributed by atoms with Crippen molar-refractivity contribution in [3.05, 3.63) is 89.7 Å². The number of alkyl halides is 1. The molecule has 4 saturated heterocycles. The summed E-state index contributed by atoms with van der Waals surface area (Å²) in [6, 6.07) is 17.9. The number of carbonyl (C=O) groups excluding carboxylic acids is 3. The fourth-order valence-corrected chi connectivity index (χ4v) is 9.41. The summed E-state index contributed by atoms with van der Waals surface area (Å²) in [6.45, 7) is 7.92. The number of hydrogen-bond donors (Lipinski definition) is 3. The van der Waals surface area contributed by atoms with E-state index in [0.717, 1.165) is 41.5 Å². The second kappa shape index (κ2) is 16.4. The number of nitrogens with zero attached hydrogens (tertiary/aromatic N) is 8. The molecule has 3 aromatic heterocycles. The molecule has 0 unspecified atom stereocenters. The van der Waals surface area contributed by atoms with Crippen LogP contribution in [0, 0.1) is 6.92 Å². The standard InChI is InChI=1S/C45H51FN10O5/c1-28-23-56(42-35(28)20-33(22-48-42)55-17-13-40(58)49-44(55)60)32-6-5-16-52(25-32)27-45(46)14-18-53(19-15-45)43(59)31-11-9-30(10-12-31)39-26-54(24-29(2)61-39)37-21-36(50-51-41(37)47)34-7-3-4-8-38(34)57/h3-4,7-12,20-23,29,32,39,57H,5-6,13-19,24-27H2,1-2H3,(H2,47,51)(H,49,58,60)/t29-,32-,39-/m0/s1. The number of ether oxygens (including phenoxy) is 1. The van der Waals surface area contributed by atoms with E-state index in [4.69, 9.17) is 15.5 Å². The van der Waals surface area contributed by atoms with Crippen LogP contribution in [0.3, 0.4) is 0 Å². The van der Waals surface area contributed by atoms with Crippen LogP contribution >= 0.6 is 0 Å². The molecule has 4 N–H and O–H groups in total. The largest absolute Gasteiger partial charge is 0.507 e. The molecule has 4 amide bonds. The van der Waals surface area contributed by atoms with Gasteiger partial charge in [-0.3, -0.25) is 24.7 Å². The number of benzene rings is 2. The molecule has 61 heavy (non-hydrogen) atoms. The molecule has 0 radical (unpaired) electrons. The number of rotatable bonds is 8. The highest BCUT2D eigenvalue weighted by Gasteiger charge is 2.39. The monoisotopic (exact) mass is 830 g/mol. The number of nitrogens with two attached hydrogens (primary N) is 1. The maximum Gasteiger partial charge on any atom is 0.328 e. The first-order chi connectivity index (χ1) is 29.4. The molecular formula is C45H51FN10O5. The third kappa shape index (κ3) is 8.21. The number of para-hydroxylation sites is 1. The van der Waals surface area contributed by atoms with Crippen LogP contribution in [0.2, 0.25) is 0 Å². The van der Waals surface area contributed by atoms with Gasteiger partial charge < -0.3 is 29.9 Å². The van der Waals surface area contributed by atoms with Crippen molar-refractivity contribution >= 4 is 46.1 Å². The SMILES string of the molecule is Cc1cn([C@H]2CCCN(CC3(F)CCN(C(=O)c4ccc([C@@H]5CN(c6cc(-c7ccccc7O)nnc6N)C[C@H](C)O5)cc4)CC3)C2)c2ncc(N3CCC(=O)NC3=O)cc12. The molecule has 15 nitrogen and oxygen atoms in total. The number of anilines is 3.